The largest absolute Gasteiger partial charge is 0.349 e. The maximum atomic E-state index is 13.1. The topological polar surface area (TPSA) is 67.2 Å². The molecule has 0 saturated carbocycles. The zero-order valence-electron chi connectivity index (χ0n) is 16.4. The summed E-state index contributed by atoms with van der Waals surface area (Å²) in [5.74, 6) is 0.660. The number of likely N-dealkylation sites (N-methyl/N-ethyl adjacent to an activating group) is 1. The molecule has 146 valence electrons. The molecule has 0 radical (unpaired) electrons. The third-order valence-electron chi connectivity index (χ3n) is 4.63. The quantitative estimate of drug-likeness (QED) is 0.652. The van der Waals surface area contributed by atoms with Crippen molar-refractivity contribution in [2.45, 2.75) is 39.8 Å². The van der Waals surface area contributed by atoms with Crippen molar-refractivity contribution in [1.29, 1.82) is 0 Å². The number of nitrogens with one attached hydrogen (secondary N) is 1. The van der Waals surface area contributed by atoms with Crippen molar-refractivity contribution in [3.05, 3.63) is 60.4 Å². The van der Waals surface area contributed by atoms with Crippen LogP contribution in [0, 0.1) is 0 Å². The van der Waals surface area contributed by atoms with E-state index in [0.29, 0.717) is 25.3 Å². The summed E-state index contributed by atoms with van der Waals surface area (Å²) in [6.07, 6.45) is 1.28. The number of hydrogen-bond acceptors (Lipinski definition) is 3. The van der Waals surface area contributed by atoms with E-state index in [-0.39, 0.29) is 18.4 Å². The first-order valence-corrected chi connectivity index (χ1v) is 9.70. The van der Waals surface area contributed by atoms with E-state index in [0.717, 1.165) is 23.1 Å². The highest BCUT2D eigenvalue weighted by Gasteiger charge is 2.18. The van der Waals surface area contributed by atoms with Crippen molar-refractivity contribution in [3.8, 4) is 0 Å². The highest BCUT2D eigenvalue weighted by molar-refractivity contribution is 5.94. The second-order valence-corrected chi connectivity index (χ2v) is 6.60. The Hall–Kier alpha value is -3.15. The van der Waals surface area contributed by atoms with E-state index < -0.39 is 0 Å². The Kier molecular flexibility index (Phi) is 6.42. The lowest BCUT2D eigenvalue weighted by molar-refractivity contribution is -0.121. The van der Waals surface area contributed by atoms with Crippen LogP contribution in [-0.2, 0) is 22.7 Å². The third-order valence-corrected chi connectivity index (χ3v) is 4.63. The summed E-state index contributed by atoms with van der Waals surface area (Å²) in [6, 6.07) is 17.4. The number of hydrogen-bond donors (Lipinski definition) is 1. The monoisotopic (exact) mass is 378 g/mol. The number of nitrogens with zero attached hydrogens (tertiary/aromatic N) is 3. The van der Waals surface area contributed by atoms with Gasteiger partial charge in [0.15, 0.2) is 0 Å². The van der Waals surface area contributed by atoms with Crippen molar-refractivity contribution in [1.82, 2.24) is 14.9 Å². The average molecular weight is 378 g/mol. The van der Waals surface area contributed by atoms with Gasteiger partial charge in [-0.05, 0) is 37.6 Å². The molecule has 6 nitrogen and oxygen atoms in total. The molecule has 28 heavy (non-hydrogen) atoms. The lowest BCUT2D eigenvalue weighted by atomic mass is 10.2. The number of aromatic nitrogens is 2. The van der Waals surface area contributed by atoms with Crippen LogP contribution in [0.15, 0.2) is 54.6 Å². The summed E-state index contributed by atoms with van der Waals surface area (Å²) in [5, 5.41) is 2.90. The van der Waals surface area contributed by atoms with Crippen LogP contribution in [0.2, 0.25) is 0 Å². The van der Waals surface area contributed by atoms with Crippen molar-refractivity contribution < 1.29 is 9.59 Å². The van der Waals surface area contributed by atoms with Gasteiger partial charge in [-0.25, -0.2) is 4.98 Å². The molecular formula is C22H26N4O2. The van der Waals surface area contributed by atoms with Crippen molar-refractivity contribution in [2.75, 3.05) is 11.4 Å². The molecule has 1 N–H and O–H groups in total. The number of anilines is 1. The fraction of sp³-hybridized carbons (Fsp3) is 0.318. The molecule has 1 heterocycles. The van der Waals surface area contributed by atoms with Gasteiger partial charge in [0.1, 0.15) is 12.4 Å². The van der Waals surface area contributed by atoms with Gasteiger partial charge >= 0.3 is 0 Å². The van der Waals surface area contributed by atoms with Gasteiger partial charge in [-0.15, -0.1) is 0 Å². The third kappa shape index (κ3) is 4.39. The SMILES string of the molecule is CCCC(=O)NCc1nc2ccccc2n1CC(=O)N(CC)c1ccccc1. The van der Waals surface area contributed by atoms with Crippen LogP contribution in [-0.4, -0.2) is 27.9 Å². The Morgan fingerprint density at radius 2 is 1.75 bits per heavy atom. The maximum absolute atomic E-state index is 13.1. The summed E-state index contributed by atoms with van der Waals surface area (Å²) in [5.41, 5.74) is 2.58. The molecule has 2 aromatic carbocycles. The number of para-hydroxylation sites is 3. The van der Waals surface area contributed by atoms with Crippen LogP contribution in [0.4, 0.5) is 5.69 Å². The molecule has 0 spiro atoms. The van der Waals surface area contributed by atoms with Crippen LogP contribution in [0.5, 0.6) is 0 Å². The first-order valence-electron chi connectivity index (χ1n) is 9.70. The van der Waals surface area contributed by atoms with E-state index in [9.17, 15) is 9.59 Å². The number of rotatable bonds is 8. The zero-order valence-corrected chi connectivity index (χ0v) is 16.4. The molecule has 0 fully saturated rings. The number of carbonyl (C=O) groups is 2. The molecule has 0 aliphatic rings. The Balaban J connectivity index is 1.87. The predicted molar refractivity (Wildman–Crippen MR) is 111 cm³/mol. The Morgan fingerprint density at radius 1 is 1.04 bits per heavy atom. The molecule has 2 amide bonds. The molecule has 0 atom stereocenters. The summed E-state index contributed by atoms with van der Waals surface area (Å²) >= 11 is 0. The van der Waals surface area contributed by atoms with E-state index in [1.165, 1.54) is 0 Å². The molecule has 0 saturated heterocycles. The van der Waals surface area contributed by atoms with Crippen molar-refractivity contribution in [3.63, 3.8) is 0 Å². The number of imidazole rings is 1. The molecule has 0 bridgehead atoms. The number of carbonyl (C=O) groups excluding carboxylic acids is 2. The van der Waals surface area contributed by atoms with E-state index in [1.54, 1.807) is 4.90 Å². The second kappa shape index (κ2) is 9.17. The van der Waals surface area contributed by atoms with E-state index in [2.05, 4.69) is 10.3 Å². The molecule has 3 aromatic rings. The molecule has 6 heteroatoms. The van der Waals surface area contributed by atoms with Gasteiger partial charge in [-0.2, -0.15) is 0 Å². The number of fused-ring (bicyclic) bond motifs is 1. The average Bonchev–Trinajstić information content (AvgIpc) is 3.05. The minimum Gasteiger partial charge on any atom is -0.349 e. The van der Waals surface area contributed by atoms with Crippen LogP contribution in [0.3, 0.4) is 0 Å². The van der Waals surface area contributed by atoms with Crippen LogP contribution in [0.25, 0.3) is 11.0 Å². The lowest BCUT2D eigenvalue weighted by Crippen LogP contribution is -2.34. The maximum Gasteiger partial charge on any atom is 0.246 e. The highest BCUT2D eigenvalue weighted by Crippen LogP contribution is 2.19. The first-order chi connectivity index (χ1) is 13.6. The normalized spacial score (nSPS) is 10.8. The standard InChI is InChI=1S/C22H26N4O2/c1-3-10-21(27)23-15-20-24-18-13-8-9-14-19(18)26(20)16-22(28)25(4-2)17-11-6-5-7-12-17/h5-9,11-14H,3-4,10,15-16H2,1-2H3,(H,23,27). The Labute approximate surface area is 165 Å². The van der Waals surface area contributed by atoms with Crippen LogP contribution >= 0.6 is 0 Å². The molecule has 0 unspecified atom stereocenters. The summed E-state index contributed by atoms with van der Waals surface area (Å²) in [6.45, 7) is 4.98. The summed E-state index contributed by atoms with van der Waals surface area (Å²) < 4.78 is 1.90. The van der Waals surface area contributed by atoms with Gasteiger partial charge in [0.25, 0.3) is 0 Å². The second-order valence-electron chi connectivity index (χ2n) is 6.60. The Morgan fingerprint density at radius 3 is 2.46 bits per heavy atom. The van der Waals surface area contributed by atoms with Gasteiger partial charge in [0.2, 0.25) is 11.8 Å². The van der Waals surface area contributed by atoms with E-state index in [4.69, 9.17) is 0 Å². The fourth-order valence-corrected chi connectivity index (χ4v) is 3.26. The van der Waals surface area contributed by atoms with Gasteiger partial charge < -0.3 is 14.8 Å². The van der Waals surface area contributed by atoms with E-state index >= 15 is 0 Å². The van der Waals surface area contributed by atoms with Gasteiger partial charge in [-0.3, -0.25) is 9.59 Å². The van der Waals surface area contributed by atoms with E-state index in [1.807, 2.05) is 73.0 Å². The zero-order chi connectivity index (χ0) is 19.9. The first kappa shape index (κ1) is 19.6. The molecule has 0 aliphatic carbocycles. The predicted octanol–water partition coefficient (Wildman–Crippen LogP) is 3.51. The summed E-state index contributed by atoms with van der Waals surface area (Å²) in [4.78, 5) is 31.3. The van der Waals surface area contributed by atoms with Crippen molar-refractivity contribution >= 4 is 28.5 Å². The molecule has 3 rings (SSSR count). The van der Waals surface area contributed by atoms with Gasteiger partial charge in [0.05, 0.1) is 17.6 Å². The van der Waals surface area contributed by atoms with Crippen LogP contribution in [0.1, 0.15) is 32.5 Å². The number of benzene rings is 2. The van der Waals surface area contributed by atoms with Gasteiger partial charge in [-0.1, -0.05) is 37.3 Å². The van der Waals surface area contributed by atoms with Gasteiger partial charge in [0, 0.05) is 18.7 Å². The smallest absolute Gasteiger partial charge is 0.246 e. The van der Waals surface area contributed by atoms with Crippen LogP contribution < -0.4 is 10.2 Å². The molecular weight excluding hydrogens is 352 g/mol. The summed E-state index contributed by atoms with van der Waals surface area (Å²) in [7, 11) is 0. The molecule has 1 aromatic heterocycles. The fourth-order valence-electron chi connectivity index (χ4n) is 3.26. The highest BCUT2D eigenvalue weighted by atomic mass is 16.2. The Bertz CT molecular complexity index is 950. The minimum absolute atomic E-state index is 0.00750. The van der Waals surface area contributed by atoms with Crippen molar-refractivity contribution in [2.24, 2.45) is 0 Å². The minimum atomic E-state index is -0.0158. The lowest BCUT2D eigenvalue weighted by Gasteiger charge is -2.22. The number of amides is 2. The molecule has 0 aliphatic heterocycles.